The lowest BCUT2D eigenvalue weighted by atomic mass is 9.96. The molecule has 0 unspecified atom stereocenters. The van der Waals surface area contributed by atoms with Crippen LogP contribution in [0, 0.1) is 13.8 Å². The minimum Gasteiger partial charge on any atom is -0.456 e. The third kappa shape index (κ3) is 3.44. The van der Waals surface area contributed by atoms with Crippen molar-refractivity contribution in [2.75, 3.05) is 0 Å². The van der Waals surface area contributed by atoms with Crippen LogP contribution in [0.3, 0.4) is 0 Å². The van der Waals surface area contributed by atoms with Crippen molar-refractivity contribution in [3.8, 4) is 22.4 Å². The molecule has 0 amide bonds. The van der Waals surface area contributed by atoms with Crippen molar-refractivity contribution in [1.82, 2.24) is 9.97 Å². The van der Waals surface area contributed by atoms with Gasteiger partial charge in [0.1, 0.15) is 11.2 Å². The fourth-order valence-electron chi connectivity index (χ4n) is 5.83. The highest BCUT2D eigenvalue weighted by Gasteiger charge is 2.13. The molecule has 0 aliphatic rings. The lowest BCUT2D eigenvalue weighted by molar-refractivity contribution is 0.669. The maximum Gasteiger partial charge on any atom is 0.135 e. The van der Waals surface area contributed by atoms with E-state index >= 15 is 0 Å². The third-order valence-corrected chi connectivity index (χ3v) is 7.81. The number of benzene rings is 6. The first-order valence-electron chi connectivity index (χ1n) is 13.2. The number of aryl methyl sites for hydroxylation is 2. The largest absolute Gasteiger partial charge is 0.456 e. The van der Waals surface area contributed by atoms with Crippen molar-refractivity contribution in [1.29, 1.82) is 0 Å². The first kappa shape index (κ1) is 22.0. The molecule has 0 aliphatic carbocycles. The van der Waals surface area contributed by atoms with Gasteiger partial charge >= 0.3 is 0 Å². The van der Waals surface area contributed by atoms with E-state index < -0.39 is 0 Å². The fourth-order valence-corrected chi connectivity index (χ4v) is 5.83. The quantitative estimate of drug-likeness (QED) is 0.222. The first-order chi connectivity index (χ1) is 19.1. The van der Waals surface area contributed by atoms with Gasteiger partial charge in [-0.2, -0.15) is 0 Å². The van der Waals surface area contributed by atoms with Crippen LogP contribution in [0.15, 0.2) is 114 Å². The second-order valence-corrected chi connectivity index (χ2v) is 10.4. The lowest BCUT2D eigenvalue weighted by Gasteiger charge is -2.12. The summed E-state index contributed by atoms with van der Waals surface area (Å²) in [6.45, 7) is 4.28. The monoisotopic (exact) mass is 500 g/mol. The van der Waals surface area contributed by atoms with Crippen molar-refractivity contribution < 1.29 is 4.42 Å². The van der Waals surface area contributed by atoms with Crippen LogP contribution < -0.4 is 0 Å². The molecule has 184 valence electrons. The Hall–Kier alpha value is -5.02. The van der Waals surface area contributed by atoms with Crippen molar-refractivity contribution in [2.24, 2.45) is 0 Å². The van der Waals surface area contributed by atoms with Gasteiger partial charge in [-0.15, -0.1) is 0 Å². The highest BCUT2D eigenvalue weighted by atomic mass is 16.3. The van der Waals surface area contributed by atoms with Crippen LogP contribution in [-0.2, 0) is 0 Å². The van der Waals surface area contributed by atoms with E-state index in [9.17, 15) is 0 Å². The molecule has 0 radical (unpaired) electrons. The summed E-state index contributed by atoms with van der Waals surface area (Å²) in [5.74, 6) is 0. The Balaban J connectivity index is 1.25. The van der Waals surface area contributed by atoms with Crippen LogP contribution in [0.5, 0.6) is 0 Å². The third-order valence-electron chi connectivity index (χ3n) is 7.81. The smallest absolute Gasteiger partial charge is 0.135 e. The summed E-state index contributed by atoms with van der Waals surface area (Å²) in [5.41, 5.74) is 10.4. The zero-order valence-electron chi connectivity index (χ0n) is 21.7. The summed E-state index contributed by atoms with van der Waals surface area (Å²) >= 11 is 0. The van der Waals surface area contributed by atoms with Crippen LogP contribution in [0.1, 0.15) is 11.1 Å². The molecule has 0 spiro atoms. The van der Waals surface area contributed by atoms with Gasteiger partial charge in [0.15, 0.2) is 0 Å². The molecule has 2 heterocycles. The predicted molar refractivity (Wildman–Crippen MR) is 162 cm³/mol. The van der Waals surface area contributed by atoms with E-state index in [1.807, 2.05) is 18.3 Å². The van der Waals surface area contributed by atoms with Crippen LogP contribution in [0.4, 0.5) is 0 Å². The second-order valence-electron chi connectivity index (χ2n) is 10.4. The van der Waals surface area contributed by atoms with E-state index in [4.69, 9.17) is 14.4 Å². The fraction of sp³-hybridized carbons (Fsp3) is 0.0556. The molecule has 8 aromatic rings. The van der Waals surface area contributed by atoms with Crippen LogP contribution >= 0.6 is 0 Å². The second kappa shape index (κ2) is 8.24. The summed E-state index contributed by atoms with van der Waals surface area (Å²) in [6.07, 6.45) is 1.90. The van der Waals surface area contributed by atoms with Crippen LogP contribution in [-0.4, -0.2) is 9.97 Å². The molecule has 3 heteroatoms. The van der Waals surface area contributed by atoms with E-state index in [-0.39, 0.29) is 0 Å². The van der Waals surface area contributed by atoms with Crippen molar-refractivity contribution in [2.45, 2.75) is 13.8 Å². The van der Waals surface area contributed by atoms with Gasteiger partial charge < -0.3 is 4.42 Å². The summed E-state index contributed by atoms with van der Waals surface area (Å²) in [4.78, 5) is 10.1. The summed E-state index contributed by atoms with van der Waals surface area (Å²) in [7, 11) is 0. The molecular weight excluding hydrogens is 476 g/mol. The molecule has 8 rings (SSSR count). The number of rotatable bonds is 2. The number of aromatic nitrogens is 2. The summed E-state index contributed by atoms with van der Waals surface area (Å²) in [6, 6.07) is 36.4. The van der Waals surface area contributed by atoms with Crippen molar-refractivity contribution in [3.05, 3.63) is 120 Å². The average molecular weight is 501 g/mol. The molecule has 0 saturated carbocycles. The molecule has 0 bridgehead atoms. The highest BCUT2D eigenvalue weighted by molar-refractivity contribution is 6.23. The van der Waals surface area contributed by atoms with E-state index in [1.165, 1.54) is 21.9 Å². The van der Waals surface area contributed by atoms with Gasteiger partial charge in [-0.3, -0.25) is 4.98 Å². The van der Waals surface area contributed by atoms with Gasteiger partial charge in [-0.25, -0.2) is 4.98 Å². The normalized spacial score (nSPS) is 11.8. The van der Waals surface area contributed by atoms with Crippen molar-refractivity contribution >= 4 is 54.5 Å². The maximum atomic E-state index is 6.01. The first-order valence-corrected chi connectivity index (χ1v) is 13.2. The Bertz CT molecular complexity index is 2240. The topological polar surface area (TPSA) is 38.9 Å². The molecule has 6 aromatic carbocycles. The Morgan fingerprint density at radius 1 is 0.487 bits per heavy atom. The molecule has 0 fully saturated rings. The number of nitrogens with zero attached hydrogens (tertiary/aromatic N) is 2. The Morgan fingerprint density at radius 2 is 1.13 bits per heavy atom. The van der Waals surface area contributed by atoms with Gasteiger partial charge in [-0.05, 0) is 53.9 Å². The Labute approximate surface area is 225 Å². The zero-order valence-corrected chi connectivity index (χ0v) is 21.7. The lowest BCUT2D eigenvalue weighted by Crippen LogP contribution is -1.93. The average Bonchev–Trinajstić information content (AvgIpc) is 3.35. The standard InChI is InChI=1S/C36H24N2O/c1-21-7-14-27-29(17-21)30-18-22(2)8-15-28(30)36-35(27)37-20-32(38-36)24-11-9-23(10-12-24)25-13-16-34-31(19-25)26-5-3-4-6-33(26)39-34/h3-20H,1-2H3. The number of fused-ring (bicyclic) bond motifs is 9. The molecule has 0 saturated heterocycles. The molecular formula is C36H24N2O. The minimum absolute atomic E-state index is 0.874. The molecule has 0 aliphatic heterocycles. The highest BCUT2D eigenvalue weighted by Crippen LogP contribution is 2.36. The Morgan fingerprint density at radius 3 is 1.90 bits per heavy atom. The molecule has 3 nitrogen and oxygen atoms in total. The Kier molecular flexibility index (Phi) is 4.65. The maximum absolute atomic E-state index is 6.01. The van der Waals surface area contributed by atoms with Gasteiger partial charge in [0.25, 0.3) is 0 Å². The number of hydrogen-bond donors (Lipinski definition) is 0. The van der Waals surface area contributed by atoms with Crippen LogP contribution in [0.2, 0.25) is 0 Å². The molecule has 39 heavy (non-hydrogen) atoms. The van der Waals surface area contributed by atoms with Crippen molar-refractivity contribution in [3.63, 3.8) is 0 Å². The van der Waals surface area contributed by atoms with E-state index in [1.54, 1.807) is 0 Å². The summed E-state index contributed by atoms with van der Waals surface area (Å²) in [5, 5.41) is 7.02. The molecule has 0 N–H and O–H groups in total. The minimum atomic E-state index is 0.874. The van der Waals surface area contributed by atoms with Gasteiger partial charge in [0, 0.05) is 27.1 Å². The van der Waals surface area contributed by atoms with E-state index in [0.29, 0.717) is 0 Å². The molecule has 2 aromatic heterocycles. The summed E-state index contributed by atoms with van der Waals surface area (Å²) < 4.78 is 6.01. The molecule has 0 atom stereocenters. The van der Waals surface area contributed by atoms with E-state index in [0.717, 1.165) is 66.1 Å². The number of para-hydroxylation sites is 1. The predicted octanol–water partition coefficient (Wildman–Crippen LogP) is 9.79. The van der Waals surface area contributed by atoms with E-state index in [2.05, 4.69) is 105 Å². The zero-order chi connectivity index (χ0) is 26.1. The van der Waals surface area contributed by atoms with Gasteiger partial charge in [-0.1, -0.05) is 96.1 Å². The SMILES string of the molecule is Cc1ccc2c(c1)c1cc(C)ccc1c1nc(-c3ccc(-c4ccc5oc6ccccc6c5c4)cc3)cnc21. The van der Waals surface area contributed by atoms with Crippen LogP contribution in [0.25, 0.3) is 76.9 Å². The number of hydrogen-bond acceptors (Lipinski definition) is 3. The van der Waals surface area contributed by atoms with Gasteiger partial charge in [0.2, 0.25) is 0 Å². The van der Waals surface area contributed by atoms with Gasteiger partial charge in [0.05, 0.1) is 22.9 Å². The number of furan rings is 1.